The summed E-state index contributed by atoms with van der Waals surface area (Å²) in [5, 5.41) is 6.75. The summed E-state index contributed by atoms with van der Waals surface area (Å²) in [7, 11) is 0. The molecule has 0 bridgehead atoms. The smallest absolute Gasteiger partial charge is 0.416 e. The number of carbonyl (C=O) groups excluding carboxylic acids is 2. The third-order valence-electron chi connectivity index (χ3n) is 4.49. The van der Waals surface area contributed by atoms with Crippen LogP contribution in [0.3, 0.4) is 0 Å². The van der Waals surface area contributed by atoms with Crippen LogP contribution in [-0.4, -0.2) is 28.3 Å². The number of nitrogens with zero attached hydrogens (tertiary/aromatic N) is 2. The Hall–Kier alpha value is -3.62. The summed E-state index contributed by atoms with van der Waals surface area (Å²) in [4.78, 5) is 24.5. The van der Waals surface area contributed by atoms with Crippen molar-refractivity contribution in [3.63, 3.8) is 0 Å². The van der Waals surface area contributed by atoms with Gasteiger partial charge in [-0.3, -0.25) is 4.79 Å². The van der Waals surface area contributed by atoms with Crippen LogP contribution in [-0.2, 0) is 10.9 Å². The normalized spacial score (nSPS) is 11.3. The molecule has 0 fully saturated rings. The first kappa shape index (κ1) is 22.1. The second kappa shape index (κ2) is 9.03. The summed E-state index contributed by atoms with van der Waals surface area (Å²) in [6.07, 6.45) is -2.47. The van der Waals surface area contributed by atoms with Gasteiger partial charge in [0, 0.05) is 5.69 Å². The molecule has 3 rings (SSSR count). The summed E-state index contributed by atoms with van der Waals surface area (Å²) in [6.45, 7) is 3.81. The molecule has 0 spiro atoms. The van der Waals surface area contributed by atoms with Crippen LogP contribution in [0.2, 0.25) is 0 Å². The monoisotopic (exact) mass is 431 g/mol. The molecule has 0 aliphatic heterocycles. The predicted molar refractivity (Wildman–Crippen MR) is 108 cm³/mol. The lowest BCUT2D eigenvalue weighted by atomic mass is 10.1. The second-order valence-electron chi connectivity index (χ2n) is 6.77. The Bertz CT molecular complexity index is 1090. The van der Waals surface area contributed by atoms with E-state index in [0.717, 1.165) is 12.1 Å². The van der Waals surface area contributed by atoms with Gasteiger partial charge >= 0.3 is 12.1 Å². The zero-order valence-electron chi connectivity index (χ0n) is 16.9. The summed E-state index contributed by atoms with van der Waals surface area (Å²) >= 11 is 0. The highest BCUT2D eigenvalue weighted by Gasteiger charge is 2.30. The molecule has 0 unspecified atom stereocenters. The van der Waals surface area contributed by atoms with E-state index in [1.165, 1.54) is 35.1 Å². The van der Waals surface area contributed by atoms with Crippen molar-refractivity contribution in [2.24, 2.45) is 0 Å². The van der Waals surface area contributed by atoms with E-state index in [9.17, 15) is 22.8 Å². The summed E-state index contributed by atoms with van der Waals surface area (Å²) in [5.74, 6) is -0.921. The Morgan fingerprint density at radius 2 is 1.84 bits per heavy atom. The molecule has 9 heteroatoms. The number of nitrogens with one attached hydrogen (secondary N) is 1. The minimum atomic E-state index is -4.48. The number of rotatable bonds is 6. The topological polar surface area (TPSA) is 73.2 Å². The lowest BCUT2D eigenvalue weighted by molar-refractivity contribution is -0.137. The second-order valence-corrected chi connectivity index (χ2v) is 6.77. The van der Waals surface area contributed by atoms with Crippen molar-refractivity contribution in [2.75, 3.05) is 11.9 Å². The van der Waals surface area contributed by atoms with Crippen molar-refractivity contribution >= 4 is 17.6 Å². The molecule has 162 valence electrons. The molecule has 0 radical (unpaired) electrons. The first-order valence-corrected chi connectivity index (χ1v) is 9.51. The van der Waals surface area contributed by atoms with Crippen molar-refractivity contribution in [2.45, 2.75) is 26.4 Å². The molecular weight excluding hydrogens is 411 g/mol. The molecule has 0 aliphatic carbocycles. The number of ether oxygens (including phenoxy) is 1. The first-order valence-electron chi connectivity index (χ1n) is 9.51. The van der Waals surface area contributed by atoms with Crippen LogP contribution < -0.4 is 5.32 Å². The maximum absolute atomic E-state index is 13.0. The highest BCUT2D eigenvalue weighted by atomic mass is 19.4. The van der Waals surface area contributed by atoms with Crippen molar-refractivity contribution in [3.8, 4) is 5.69 Å². The van der Waals surface area contributed by atoms with Gasteiger partial charge < -0.3 is 10.1 Å². The number of benzene rings is 2. The zero-order valence-corrected chi connectivity index (χ0v) is 16.9. The molecule has 31 heavy (non-hydrogen) atoms. The third-order valence-corrected chi connectivity index (χ3v) is 4.49. The predicted octanol–water partition coefficient (Wildman–Crippen LogP) is 5.02. The van der Waals surface area contributed by atoms with Crippen LogP contribution in [0.5, 0.6) is 0 Å². The molecule has 1 heterocycles. The fraction of sp³-hybridized carbons (Fsp3) is 0.227. The summed E-state index contributed by atoms with van der Waals surface area (Å²) in [5.41, 5.74) is 0.800. The van der Waals surface area contributed by atoms with Gasteiger partial charge in [0.15, 0.2) is 0 Å². The van der Waals surface area contributed by atoms with E-state index >= 15 is 0 Å². The molecule has 0 saturated heterocycles. The average molecular weight is 431 g/mol. The minimum Gasteiger partial charge on any atom is -0.462 e. The van der Waals surface area contributed by atoms with Crippen LogP contribution >= 0.6 is 0 Å². The lowest BCUT2D eigenvalue weighted by Crippen LogP contribution is -2.13. The van der Waals surface area contributed by atoms with Gasteiger partial charge in [0.1, 0.15) is 0 Å². The number of aromatic nitrogens is 2. The molecule has 0 aliphatic rings. The Morgan fingerprint density at radius 3 is 2.48 bits per heavy atom. The first-order chi connectivity index (χ1) is 14.7. The third kappa shape index (κ3) is 5.11. The molecule has 1 N–H and O–H groups in total. The standard InChI is InChI=1S/C22H20F3N3O3/c1-3-11-31-21(30)15-7-9-17(10-8-15)27-20(29)19-13-26-28(14(19)2)18-6-4-5-16(12-18)22(23,24)25/h4-10,12-13H,3,11H2,1-2H3,(H,27,29). The number of anilines is 1. The summed E-state index contributed by atoms with van der Waals surface area (Å²) < 4.78 is 45.3. The number of esters is 1. The molecule has 0 atom stereocenters. The quantitative estimate of drug-likeness (QED) is 0.557. The molecule has 3 aromatic rings. The molecule has 0 saturated carbocycles. The maximum Gasteiger partial charge on any atom is 0.416 e. The minimum absolute atomic E-state index is 0.196. The number of alkyl halides is 3. The number of hydrogen-bond acceptors (Lipinski definition) is 4. The van der Waals surface area contributed by atoms with Gasteiger partial charge in [-0.1, -0.05) is 13.0 Å². The number of amides is 1. The number of halogens is 3. The fourth-order valence-corrected chi connectivity index (χ4v) is 2.87. The van der Waals surface area contributed by atoms with Gasteiger partial charge in [-0.15, -0.1) is 0 Å². The Labute approximate surface area is 176 Å². The van der Waals surface area contributed by atoms with Gasteiger partial charge in [-0.25, -0.2) is 9.48 Å². The van der Waals surface area contributed by atoms with Gasteiger partial charge in [0.2, 0.25) is 0 Å². The summed E-state index contributed by atoms with van der Waals surface area (Å²) in [6, 6.07) is 10.9. The Morgan fingerprint density at radius 1 is 1.13 bits per heavy atom. The Kier molecular flexibility index (Phi) is 6.43. The van der Waals surface area contributed by atoms with Crippen molar-refractivity contribution < 1.29 is 27.5 Å². The van der Waals surface area contributed by atoms with Crippen LogP contribution in [0.15, 0.2) is 54.7 Å². The molecule has 2 aromatic carbocycles. The van der Waals surface area contributed by atoms with E-state index in [1.807, 2.05) is 6.92 Å². The molecule has 1 aromatic heterocycles. The van der Waals surface area contributed by atoms with Gasteiger partial charge in [-0.05, 0) is 55.8 Å². The van der Waals surface area contributed by atoms with Gasteiger partial charge in [-0.2, -0.15) is 18.3 Å². The van der Waals surface area contributed by atoms with E-state index in [0.29, 0.717) is 30.0 Å². The molecule has 1 amide bonds. The average Bonchev–Trinajstić information content (AvgIpc) is 3.13. The fourth-order valence-electron chi connectivity index (χ4n) is 2.87. The number of carbonyl (C=O) groups is 2. The largest absolute Gasteiger partial charge is 0.462 e. The van der Waals surface area contributed by atoms with Crippen molar-refractivity contribution in [1.29, 1.82) is 0 Å². The van der Waals surface area contributed by atoms with E-state index in [2.05, 4.69) is 10.4 Å². The Balaban J connectivity index is 1.76. The van der Waals surface area contributed by atoms with Gasteiger partial charge in [0.05, 0.1) is 40.9 Å². The van der Waals surface area contributed by atoms with E-state index < -0.39 is 23.6 Å². The SMILES string of the molecule is CCCOC(=O)c1ccc(NC(=O)c2cnn(-c3cccc(C(F)(F)F)c3)c2C)cc1. The maximum atomic E-state index is 13.0. The van der Waals surface area contributed by atoms with Crippen molar-refractivity contribution in [1.82, 2.24) is 9.78 Å². The van der Waals surface area contributed by atoms with Crippen LogP contribution in [0.25, 0.3) is 5.69 Å². The zero-order chi connectivity index (χ0) is 22.6. The van der Waals surface area contributed by atoms with Gasteiger partial charge in [0.25, 0.3) is 5.91 Å². The molecule has 6 nitrogen and oxygen atoms in total. The van der Waals surface area contributed by atoms with Crippen LogP contribution in [0.4, 0.5) is 18.9 Å². The van der Waals surface area contributed by atoms with E-state index in [-0.39, 0.29) is 11.3 Å². The van der Waals surface area contributed by atoms with E-state index in [1.54, 1.807) is 19.1 Å². The van der Waals surface area contributed by atoms with Crippen molar-refractivity contribution in [3.05, 3.63) is 77.1 Å². The van der Waals surface area contributed by atoms with Crippen LogP contribution in [0.1, 0.15) is 45.3 Å². The molecular formula is C22H20F3N3O3. The highest BCUT2D eigenvalue weighted by Crippen LogP contribution is 2.30. The highest BCUT2D eigenvalue weighted by molar-refractivity contribution is 6.05. The van der Waals surface area contributed by atoms with E-state index in [4.69, 9.17) is 4.74 Å². The number of hydrogen-bond donors (Lipinski definition) is 1. The lowest BCUT2D eigenvalue weighted by Gasteiger charge is -2.10. The van der Waals surface area contributed by atoms with Crippen LogP contribution in [0, 0.1) is 6.92 Å².